The molecule has 5 nitrogen and oxygen atoms in total. The van der Waals surface area contributed by atoms with Crippen molar-refractivity contribution in [3.63, 3.8) is 0 Å². The number of carboxylic acid groups (broad SMARTS) is 1. The Morgan fingerprint density at radius 3 is 2.05 bits per heavy atom. The van der Waals surface area contributed by atoms with E-state index in [9.17, 15) is 9.59 Å². The van der Waals surface area contributed by atoms with E-state index in [1.54, 1.807) is 0 Å². The number of likely N-dealkylation sites (N-methyl/N-ethyl adjacent to an activating group) is 1. The van der Waals surface area contributed by atoms with Crippen LogP contribution < -0.4 is 0 Å². The Morgan fingerprint density at radius 2 is 1.60 bits per heavy atom. The predicted octanol–water partition coefficient (Wildman–Crippen LogP) is 1.29. The highest BCUT2D eigenvalue weighted by Gasteiger charge is 2.38. The van der Waals surface area contributed by atoms with Crippen molar-refractivity contribution < 1.29 is 14.7 Å². The number of aliphatic carboxylic acids is 1. The molecule has 2 fully saturated rings. The van der Waals surface area contributed by atoms with Crippen molar-refractivity contribution in [3.05, 3.63) is 0 Å². The number of carbonyl (C=O) groups is 2. The van der Waals surface area contributed by atoms with Crippen LogP contribution in [0.5, 0.6) is 0 Å². The predicted molar refractivity (Wildman–Crippen MR) is 76.3 cm³/mol. The van der Waals surface area contributed by atoms with Crippen molar-refractivity contribution in [2.45, 2.75) is 38.6 Å². The van der Waals surface area contributed by atoms with Crippen LogP contribution in [-0.4, -0.2) is 60.0 Å². The summed E-state index contributed by atoms with van der Waals surface area (Å²) in [6, 6.07) is 0.439. The van der Waals surface area contributed by atoms with E-state index in [-0.39, 0.29) is 17.7 Å². The van der Waals surface area contributed by atoms with Crippen LogP contribution in [0.2, 0.25) is 0 Å². The Hall–Kier alpha value is -1.10. The number of hydrogen-bond donors (Lipinski definition) is 1. The van der Waals surface area contributed by atoms with Crippen LogP contribution in [0.25, 0.3) is 0 Å². The second kappa shape index (κ2) is 6.12. The molecule has 114 valence electrons. The van der Waals surface area contributed by atoms with Crippen LogP contribution in [0, 0.1) is 17.8 Å². The lowest BCUT2D eigenvalue weighted by molar-refractivity contribution is -0.145. The molecule has 1 amide bonds. The molecule has 1 aliphatic carbocycles. The van der Waals surface area contributed by atoms with Crippen LogP contribution in [-0.2, 0) is 9.59 Å². The Bertz CT molecular complexity index is 375. The third-order valence-electron chi connectivity index (χ3n) is 4.97. The fraction of sp³-hybridized carbons (Fsp3) is 0.867. The largest absolute Gasteiger partial charge is 0.481 e. The molecular formula is C15H26N2O3. The summed E-state index contributed by atoms with van der Waals surface area (Å²) in [4.78, 5) is 27.7. The molecule has 0 bridgehead atoms. The fourth-order valence-electron chi connectivity index (χ4n) is 3.65. The molecule has 20 heavy (non-hydrogen) atoms. The summed E-state index contributed by atoms with van der Waals surface area (Å²) in [6.45, 7) is 3.84. The highest BCUT2D eigenvalue weighted by molar-refractivity contribution is 5.80. The number of hydrogen-bond acceptors (Lipinski definition) is 3. The lowest BCUT2D eigenvalue weighted by Crippen LogP contribution is -2.39. The maximum Gasteiger partial charge on any atom is 0.306 e. The molecular weight excluding hydrogens is 256 g/mol. The first-order chi connectivity index (χ1) is 9.40. The molecule has 1 N–H and O–H groups in total. The minimum absolute atomic E-state index is 0.0405. The molecule has 0 spiro atoms. The maximum atomic E-state index is 12.6. The number of nitrogens with zero attached hydrogens (tertiary/aromatic N) is 2. The van der Waals surface area contributed by atoms with E-state index in [4.69, 9.17) is 5.11 Å². The van der Waals surface area contributed by atoms with Gasteiger partial charge in [-0.15, -0.1) is 0 Å². The van der Waals surface area contributed by atoms with Crippen molar-refractivity contribution in [1.82, 2.24) is 9.80 Å². The van der Waals surface area contributed by atoms with Gasteiger partial charge in [0.2, 0.25) is 5.91 Å². The number of likely N-dealkylation sites (tertiary alicyclic amines) is 1. The van der Waals surface area contributed by atoms with Gasteiger partial charge in [0.1, 0.15) is 0 Å². The molecule has 0 aromatic carbocycles. The fourth-order valence-corrected chi connectivity index (χ4v) is 3.65. The molecule has 2 aliphatic rings. The van der Waals surface area contributed by atoms with Gasteiger partial charge in [0.25, 0.3) is 0 Å². The lowest BCUT2D eigenvalue weighted by Gasteiger charge is -2.29. The van der Waals surface area contributed by atoms with Gasteiger partial charge in [-0.3, -0.25) is 9.59 Å². The first-order valence-electron chi connectivity index (χ1n) is 7.58. The van der Waals surface area contributed by atoms with Gasteiger partial charge < -0.3 is 14.9 Å². The van der Waals surface area contributed by atoms with Crippen molar-refractivity contribution in [2.75, 3.05) is 27.2 Å². The van der Waals surface area contributed by atoms with E-state index < -0.39 is 5.97 Å². The topological polar surface area (TPSA) is 60.9 Å². The molecule has 1 saturated heterocycles. The highest BCUT2D eigenvalue weighted by atomic mass is 16.4. The third-order valence-corrected chi connectivity index (χ3v) is 4.97. The average Bonchev–Trinajstić information content (AvgIpc) is 2.80. The van der Waals surface area contributed by atoms with E-state index in [1.165, 1.54) is 0 Å². The van der Waals surface area contributed by atoms with Crippen LogP contribution in [0.15, 0.2) is 0 Å². The van der Waals surface area contributed by atoms with Gasteiger partial charge in [-0.2, -0.15) is 0 Å². The normalized spacial score (nSPS) is 34.5. The van der Waals surface area contributed by atoms with Gasteiger partial charge in [-0.1, -0.05) is 6.92 Å². The second-order valence-electron chi connectivity index (χ2n) is 6.64. The minimum atomic E-state index is -0.710. The quantitative estimate of drug-likeness (QED) is 0.847. The number of rotatable bonds is 3. The molecule has 5 heteroatoms. The summed E-state index contributed by atoms with van der Waals surface area (Å²) in [7, 11) is 4.13. The van der Waals surface area contributed by atoms with E-state index in [2.05, 4.69) is 25.9 Å². The van der Waals surface area contributed by atoms with Gasteiger partial charge in [0.05, 0.1) is 5.92 Å². The minimum Gasteiger partial charge on any atom is -0.481 e. The van der Waals surface area contributed by atoms with Crippen LogP contribution in [0.3, 0.4) is 0 Å². The zero-order chi connectivity index (χ0) is 14.9. The first kappa shape index (κ1) is 15.3. The van der Waals surface area contributed by atoms with Gasteiger partial charge in [-0.25, -0.2) is 0 Å². The maximum absolute atomic E-state index is 12.6. The molecule has 0 radical (unpaired) electrons. The van der Waals surface area contributed by atoms with E-state index in [0.717, 1.165) is 25.9 Å². The lowest BCUT2D eigenvalue weighted by atomic mass is 9.81. The summed E-state index contributed by atoms with van der Waals surface area (Å²) in [5, 5.41) is 9.00. The van der Waals surface area contributed by atoms with E-state index in [1.807, 2.05) is 4.90 Å². The molecule has 1 saturated carbocycles. The molecule has 1 heterocycles. The number of amides is 1. The Labute approximate surface area is 120 Å². The Kier molecular flexibility index (Phi) is 4.68. The second-order valence-corrected chi connectivity index (χ2v) is 6.64. The van der Waals surface area contributed by atoms with Gasteiger partial charge >= 0.3 is 5.97 Å². The molecule has 0 aromatic rings. The van der Waals surface area contributed by atoms with Gasteiger partial charge in [0, 0.05) is 25.0 Å². The summed E-state index contributed by atoms with van der Waals surface area (Å²) in [5.41, 5.74) is 0. The first-order valence-corrected chi connectivity index (χ1v) is 7.58. The van der Waals surface area contributed by atoms with Crippen molar-refractivity contribution >= 4 is 11.9 Å². The summed E-state index contributed by atoms with van der Waals surface area (Å²) in [5.74, 6) is -0.169. The van der Waals surface area contributed by atoms with Crippen LogP contribution >= 0.6 is 0 Å². The number of carbonyl (C=O) groups excluding carboxylic acids is 1. The highest BCUT2D eigenvalue weighted by Crippen LogP contribution is 2.32. The average molecular weight is 282 g/mol. The Balaban J connectivity index is 1.89. The molecule has 2 rings (SSSR count). The zero-order valence-electron chi connectivity index (χ0n) is 12.7. The SMILES string of the molecule is CC1CN(C(=O)C2CCC(C(=O)O)CC2)CC1N(C)C. The molecule has 2 atom stereocenters. The molecule has 1 aliphatic heterocycles. The standard InChI is InChI=1S/C15H26N2O3/c1-10-8-17(9-13(10)16(2)3)14(18)11-4-6-12(7-5-11)15(19)20/h10-13H,4-9H2,1-3H3,(H,19,20). The third kappa shape index (κ3) is 3.14. The summed E-state index contributed by atoms with van der Waals surface area (Å²) >= 11 is 0. The number of carboxylic acids is 1. The van der Waals surface area contributed by atoms with Crippen LogP contribution in [0.1, 0.15) is 32.6 Å². The van der Waals surface area contributed by atoms with E-state index >= 15 is 0 Å². The van der Waals surface area contributed by atoms with Crippen molar-refractivity contribution in [1.29, 1.82) is 0 Å². The van der Waals surface area contributed by atoms with Crippen molar-refractivity contribution in [3.8, 4) is 0 Å². The van der Waals surface area contributed by atoms with Crippen molar-refractivity contribution in [2.24, 2.45) is 17.8 Å². The molecule has 0 aromatic heterocycles. The van der Waals surface area contributed by atoms with Gasteiger partial charge in [-0.05, 0) is 45.7 Å². The Morgan fingerprint density at radius 1 is 1.05 bits per heavy atom. The van der Waals surface area contributed by atoms with E-state index in [0.29, 0.717) is 24.8 Å². The van der Waals surface area contributed by atoms with Gasteiger partial charge in [0.15, 0.2) is 0 Å². The monoisotopic (exact) mass is 282 g/mol. The zero-order valence-corrected chi connectivity index (χ0v) is 12.7. The molecule has 2 unspecified atom stereocenters. The summed E-state index contributed by atoms with van der Waals surface area (Å²) < 4.78 is 0. The van der Waals surface area contributed by atoms with Crippen LogP contribution in [0.4, 0.5) is 0 Å². The smallest absolute Gasteiger partial charge is 0.306 e. The summed E-state index contributed by atoms with van der Waals surface area (Å²) in [6.07, 6.45) is 2.75.